The van der Waals surface area contributed by atoms with Crippen molar-refractivity contribution in [2.24, 2.45) is 5.73 Å². The van der Waals surface area contributed by atoms with E-state index in [4.69, 9.17) is 5.73 Å². The molecular formula is C15H22N2O. The van der Waals surface area contributed by atoms with Crippen LogP contribution in [0.3, 0.4) is 0 Å². The Balaban J connectivity index is 2.01. The largest absolute Gasteiger partial charge is 0.366 e. The lowest BCUT2D eigenvalue weighted by molar-refractivity contribution is 0.1000. The van der Waals surface area contributed by atoms with E-state index in [1.165, 1.54) is 37.8 Å². The van der Waals surface area contributed by atoms with Crippen molar-refractivity contribution in [1.29, 1.82) is 0 Å². The summed E-state index contributed by atoms with van der Waals surface area (Å²) in [6.07, 6.45) is 5.20. The van der Waals surface area contributed by atoms with E-state index in [1.807, 2.05) is 24.3 Å². The van der Waals surface area contributed by atoms with E-state index < -0.39 is 0 Å². The minimum absolute atomic E-state index is 0.356. The zero-order chi connectivity index (χ0) is 13.0. The zero-order valence-corrected chi connectivity index (χ0v) is 11.1. The third-order valence-electron chi connectivity index (χ3n) is 3.84. The summed E-state index contributed by atoms with van der Waals surface area (Å²) in [6, 6.07) is 8.39. The van der Waals surface area contributed by atoms with Gasteiger partial charge in [-0.05, 0) is 43.5 Å². The van der Waals surface area contributed by atoms with Gasteiger partial charge in [0.05, 0.1) is 0 Å². The molecule has 1 heterocycles. The molecule has 1 atom stereocenters. The fraction of sp³-hybridized carbons (Fsp3) is 0.533. The first kappa shape index (κ1) is 13.1. The van der Waals surface area contributed by atoms with Crippen LogP contribution in [0.5, 0.6) is 0 Å². The average Bonchev–Trinajstić information content (AvgIpc) is 2.40. The van der Waals surface area contributed by atoms with E-state index in [-0.39, 0.29) is 5.91 Å². The first-order valence-electron chi connectivity index (χ1n) is 6.83. The lowest BCUT2D eigenvalue weighted by Crippen LogP contribution is -2.38. The topological polar surface area (TPSA) is 46.3 Å². The molecule has 1 aliphatic rings. The molecule has 2 N–H and O–H groups in total. The molecule has 0 spiro atoms. The van der Waals surface area contributed by atoms with Gasteiger partial charge in [0, 0.05) is 18.2 Å². The molecule has 1 aliphatic heterocycles. The third-order valence-corrected chi connectivity index (χ3v) is 3.84. The monoisotopic (exact) mass is 246 g/mol. The van der Waals surface area contributed by atoms with Gasteiger partial charge in [0.2, 0.25) is 5.91 Å². The van der Waals surface area contributed by atoms with Crippen molar-refractivity contribution in [3.05, 3.63) is 35.4 Å². The second kappa shape index (κ2) is 6.01. The number of primary amides is 1. The Labute approximate surface area is 109 Å². The fourth-order valence-corrected chi connectivity index (χ4v) is 2.74. The number of carbonyl (C=O) groups excluding carboxylic acids is 1. The predicted octanol–water partition coefficient (Wildman–Crippen LogP) is 2.55. The number of piperidine rings is 1. The summed E-state index contributed by atoms with van der Waals surface area (Å²) in [5.74, 6) is -0.356. The number of nitrogens with two attached hydrogens (primary N) is 1. The van der Waals surface area contributed by atoms with Crippen LogP contribution < -0.4 is 5.73 Å². The van der Waals surface area contributed by atoms with Crippen molar-refractivity contribution in [2.75, 3.05) is 6.54 Å². The molecular weight excluding hydrogens is 224 g/mol. The number of carbonyl (C=O) groups is 1. The molecule has 0 bridgehead atoms. The van der Waals surface area contributed by atoms with Crippen LogP contribution in [0.1, 0.15) is 48.5 Å². The maximum Gasteiger partial charge on any atom is 0.248 e. The van der Waals surface area contributed by atoms with Crippen LogP contribution in [-0.4, -0.2) is 23.4 Å². The molecule has 1 unspecified atom stereocenters. The zero-order valence-electron chi connectivity index (χ0n) is 11.1. The SMILES string of the molecule is CCC1CCCCN1Cc1ccc(C(N)=O)cc1. The smallest absolute Gasteiger partial charge is 0.248 e. The molecule has 0 saturated carbocycles. The van der Waals surface area contributed by atoms with Gasteiger partial charge >= 0.3 is 0 Å². The first-order valence-corrected chi connectivity index (χ1v) is 6.83. The van der Waals surface area contributed by atoms with Gasteiger partial charge in [0.25, 0.3) is 0 Å². The summed E-state index contributed by atoms with van der Waals surface area (Å²) in [4.78, 5) is 13.6. The van der Waals surface area contributed by atoms with Gasteiger partial charge in [-0.2, -0.15) is 0 Å². The summed E-state index contributed by atoms with van der Waals surface area (Å²) >= 11 is 0. The van der Waals surface area contributed by atoms with Crippen LogP contribution in [0.4, 0.5) is 0 Å². The van der Waals surface area contributed by atoms with Gasteiger partial charge in [0.1, 0.15) is 0 Å². The summed E-state index contributed by atoms with van der Waals surface area (Å²) in [7, 11) is 0. The number of rotatable bonds is 4. The number of benzene rings is 1. The highest BCUT2D eigenvalue weighted by molar-refractivity contribution is 5.92. The minimum atomic E-state index is -0.356. The highest BCUT2D eigenvalue weighted by atomic mass is 16.1. The lowest BCUT2D eigenvalue weighted by Gasteiger charge is -2.35. The van der Waals surface area contributed by atoms with Crippen molar-refractivity contribution < 1.29 is 4.79 Å². The summed E-state index contributed by atoms with van der Waals surface area (Å²) in [6.45, 7) is 4.44. The van der Waals surface area contributed by atoms with Gasteiger partial charge < -0.3 is 5.73 Å². The Bertz CT molecular complexity index is 399. The normalized spacial score (nSPS) is 20.8. The molecule has 0 radical (unpaired) electrons. The van der Waals surface area contributed by atoms with Crippen molar-refractivity contribution >= 4 is 5.91 Å². The van der Waals surface area contributed by atoms with E-state index >= 15 is 0 Å². The maximum atomic E-state index is 11.0. The molecule has 2 rings (SSSR count). The van der Waals surface area contributed by atoms with Crippen molar-refractivity contribution in [3.8, 4) is 0 Å². The molecule has 1 saturated heterocycles. The number of hydrogen-bond donors (Lipinski definition) is 1. The van der Waals surface area contributed by atoms with Crippen LogP contribution in [-0.2, 0) is 6.54 Å². The molecule has 3 nitrogen and oxygen atoms in total. The molecule has 98 valence electrons. The highest BCUT2D eigenvalue weighted by Gasteiger charge is 2.20. The van der Waals surface area contributed by atoms with E-state index in [0.29, 0.717) is 5.56 Å². The maximum absolute atomic E-state index is 11.0. The lowest BCUT2D eigenvalue weighted by atomic mass is 9.99. The molecule has 3 heteroatoms. The Hall–Kier alpha value is -1.35. The minimum Gasteiger partial charge on any atom is -0.366 e. The summed E-state index contributed by atoms with van der Waals surface area (Å²) in [5.41, 5.74) is 7.09. The van der Waals surface area contributed by atoms with Crippen molar-refractivity contribution in [1.82, 2.24) is 4.90 Å². The number of amides is 1. The highest BCUT2D eigenvalue weighted by Crippen LogP contribution is 2.21. The first-order chi connectivity index (χ1) is 8.70. The third kappa shape index (κ3) is 3.10. The van der Waals surface area contributed by atoms with E-state index in [2.05, 4.69) is 11.8 Å². The van der Waals surface area contributed by atoms with Crippen LogP contribution in [0, 0.1) is 0 Å². The van der Waals surface area contributed by atoms with E-state index in [0.717, 1.165) is 12.6 Å². The Morgan fingerprint density at radius 1 is 1.33 bits per heavy atom. The Morgan fingerprint density at radius 3 is 2.67 bits per heavy atom. The van der Waals surface area contributed by atoms with E-state index in [9.17, 15) is 4.79 Å². The van der Waals surface area contributed by atoms with Crippen LogP contribution >= 0.6 is 0 Å². The van der Waals surface area contributed by atoms with E-state index in [1.54, 1.807) is 0 Å². The van der Waals surface area contributed by atoms with Crippen LogP contribution in [0.25, 0.3) is 0 Å². The van der Waals surface area contributed by atoms with Crippen LogP contribution in [0.15, 0.2) is 24.3 Å². The fourth-order valence-electron chi connectivity index (χ4n) is 2.74. The summed E-state index contributed by atoms with van der Waals surface area (Å²) in [5, 5.41) is 0. The van der Waals surface area contributed by atoms with Crippen molar-refractivity contribution in [3.63, 3.8) is 0 Å². The average molecular weight is 246 g/mol. The van der Waals surface area contributed by atoms with Gasteiger partial charge in [-0.1, -0.05) is 25.5 Å². The Kier molecular flexibility index (Phi) is 4.37. The molecule has 1 aromatic rings. The number of hydrogen-bond acceptors (Lipinski definition) is 2. The Morgan fingerprint density at radius 2 is 2.06 bits per heavy atom. The van der Waals surface area contributed by atoms with Crippen LogP contribution in [0.2, 0.25) is 0 Å². The van der Waals surface area contributed by atoms with Gasteiger partial charge in [-0.25, -0.2) is 0 Å². The second-order valence-electron chi connectivity index (χ2n) is 5.09. The molecule has 0 aromatic heterocycles. The number of nitrogens with zero attached hydrogens (tertiary/aromatic N) is 1. The predicted molar refractivity (Wildman–Crippen MR) is 73.3 cm³/mol. The second-order valence-corrected chi connectivity index (χ2v) is 5.09. The molecule has 1 fully saturated rings. The summed E-state index contributed by atoms with van der Waals surface area (Å²) < 4.78 is 0. The standard InChI is InChI=1S/C15H22N2O/c1-2-14-5-3-4-10-17(14)11-12-6-8-13(9-7-12)15(16)18/h6-9,14H,2-5,10-11H2,1H3,(H2,16,18). The molecule has 0 aliphatic carbocycles. The van der Waals surface area contributed by atoms with Gasteiger partial charge in [-0.3, -0.25) is 9.69 Å². The quantitative estimate of drug-likeness (QED) is 0.887. The molecule has 1 amide bonds. The number of likely N-dealkylation sites (tertiary alicyclic amines) is 1. The van der Waals surface area contributed by atoms with Gasteiger partial charge in [0.15, 0.2) is 0 Å². The molecule has 18 heavy (non-hydrogen) atoms. The van der Waals surface area contributed by atoms with Gasteiger partial charge in [-0.15, -0.1) is 0 Å². The van der Waals surface area contributed by atoms with Crippen molar-refractivity contribution in [2.45, 2.75) is 45.2 Å². The molecule has 1 aromatic carbocycles.